The predicted molar refractivity (Wildman–Crippen MR) is 99.8 cm³/mol. The van der Waals surface area contributed by atoms with Gasteiger partial charge in [0.15, 0.2) is 0 Å². The minimum Gasteiger partial charge on any atom is -0.496 e. The first kappa shape index (κ1) is 17.1. The molecular formula is C19H24N4O2. The number of carbonyl (C=O) groups excluding carboxylic acids is 1. The first-order valence-corrected chi connectivity index (χ1v) is 8.34. The van der Waals surface area contributed by atoms with Gasteiger partial charge in [-0.1, -0.05) is 0 Å². The van der Waals surface area contributed by atoms with Crippen LogP contribution >= 0.6 is 0 Å². The third-order valence-corrected chi connectivity index (χ3v) is 4.54. The van der Waals surface area contributed by atoms with Crippen LogP contribution < -0.4 is 10.1 Å². The third kappa shape index (κ3) is 3.12. The monoisotopic (exact) mass is 340 g/mol. The number of amides is 1. The first-order valence-electron chi connectivity index (χ1n) is 8.34. The Kier molecular flexibility index (Phi) is 4.53. The number of hydrogen-bond donors (Lipinski definition) is 2. The Balaban J connectivity index is 2.14. The van der Waals surface area contributed by atoms with E-state index in [1.807, 2.05) is 46.2 Å². The number of methoxy groups -OCH3 is 1. The van der Waals surface area contributed by atoms with Crippen molar-refractivity contribution >= 4 is 23.5 Å². The number of benzene rings is 1. The van der Waals surface area contributed by atoms with Crippen LogP contribution in [-0.2, 0) is 11.2 Å². The first-order chi connectivity index (χ1) is 11.9. The van der Waals surface area contributed by atoms with E-state index in [1.54, 1.807) is 12.0 Å². The number of imidazole rings is 1. The van der Waals surface area contributed by atoms with Gasteiger partial charge in [0, 0.05) is 32.8 Å². The second kappa shape index (κ2) is 6.63. The Morgan fingerprint density at radius 3 is 2.60 bits per heavy atom. The lowest BCUT2D eigenvalue weighted by Crippen LogP contribution is -2.27. The molecule has 2 heterocycles. The van der Waals surface area contributed by atoms with Gasteiger partial charge in [0.2, 0.25) is 5.95 Å². The molecule has 2 N–H and O–H groups in total. The average Bonchev–Trinajstić information content (AvgIpc) is 2.95. The van der Waals surface area contributed by atoms with Crippen LogP contribution in [0.25, 0.3) is 11.6 Å². The number of ether oxygens (including phenoxy) is 1. The van der Waals surface area contributed by atoms with Crippen molar-refractivity contribution in [3.05, 3.63) is 40.2 Å². The third-order valence-electron chi connectivity index (χ3n) is 4.54. The van der Waals surface area contributed by atoms with Crippen molar-refractivity contribution in [1.82, 2.24) is 14.9 Å². The highest BCUT2D eigenvalue weighted by Gasteiger charge is 2.26. The molecule has 0 radical (unpaired) electrons. The molecular weight excluding hydrogens is 316 g/mol. The minimum atomic E-state index is -0.0148. The van der Waals surface area contributed by atoms with Gasteiger partial charge in [-0.25, -0.2) is 4.98 Å². The van der Waals surface area contributed by atoms with Gasteiger partial charge in [0.05, 0.1) is 18.4 Å². The van der Waals surface area contributed by atoms with Gasteiger partial charge >= 0.3 is 0 Å². The lowest BCUT2D eigenvalue weighted by Gasteiger charge is -2.15. The Morgan fingerprint density at radius 2 is 2.00 bits per heavy atom. The Hall–Kier alpha value is -2.76. The largest absolute Gasteiger partial charge is 0.496 e. The average molecular weight is 340 g/mol. The molecule has 0 atom stereocenters. The molecule has 0 fully saturated rings. The standard InChI is InChI=1S/C19H24N4O2/c1-11-8-13(9-12(2)17(11)25-5)10-14-16-15(21-19(20-3)22-16)6-7-23(4)18(14)24/h8-10H,6-7H2,1-5H3,(H2,20,21,22)/b14-10+. The second-order valence-electron chi connectivity index (χ2n) is 6.39. The molecule has 6 nitrogen and oxygen atoms in total. The van der Waals surface area contributed by atoms with E-state index in [-0.39, 0.29) is 5.91 Å². The molecule has 0 aliphatic carbocycles. The van der Waals surface area contributed by atoms with Gasteiger partial charge in [-0.3, -0.25) is 4.79 Å². The number of carbonyl (C=O) groups is 1. The summed E-state index contributed by atoms with van der Waals surface area (Å²) < 4.78 is 5.43. The maximum absolute atomic E-state index is 12.9. The second-order valence-corrected chi connectivity index (χ2v) is 6.39. The number of nitrogens with one attached hydrogen (secondary N) is 2. The highest BCUT2D eigenvalue weighted by atomic mass is 16.5. The molecule has 3 rings (SSSR count). The number of likely N-dealkylation sites (N-methyl/N-ethyl adjacent to an activating group) is 1. The summed E-state index contributed by atoms with van der Waals surface area (Å²) >= 11 is 0. The van der Waals surface area contributed by atoms with Crippen LogP contribution in [0, 0.1) is 13.8 Å². The summed E-state index contributed by atoms with van der Waals surface area (Å²) in [5.74, 6) is 1.54. The summed E-state index contributed by atoms with van der Waals surface area (Å²) in [6.45, 7) is 4.68. The highest BCUT2D eigenvalue weighted by Crippen LogP contribution is 2.30. The lowest BCUT2D eigenvalue weighted by atomic mass is 10.0. The van der Waals surface area contributed by atoms with Crippen LogP contribution in [0.4, 0.5) is 5.95 Å². The molecule has 132 valence electrons. The summed E-state index contributed by atoms with van der Waals surface area (Å²) in [7, 11) is 5.31. The van der Waals surface area contributed by atoms with E-state index in [0.717, 1.165) is 40.2 Å². The molecule has 0 unspecified atom stereocenters. The number of aromatic nitrogens is 2. The van der Waals surface area contributed by atoms with Crippen LogP contribution in [0.15, 0.2) is 12.1 Å². The maximum atomic E-state index is 12.9. The van der Waals surface area contributed by atoms with Crippen molar-refractivity contribution in [2.24, 2.45) is 0 Å². The molecule has 1 amide bonds. The Labute approximate surface area is 147 Å². The number of nitrogens with zero attached hydrogens (tertiary/aromatic N) is 2. The van der Waals surface area contributed by atoms with E-state index in [1.165, 1.54) is 0 Å². The fourth-order valence-corrected chi connectivity index (χ4v) is 3.31. The molecule has 1 aromatic heterocycles. The van der Waals surface area contributed by atoms with Gasteiger partial charge in [-0.2, -0.15) is 0 Å². The summed E-state index contributed by atoms with van der Waals surface area (Å²) in [5, 5.41) is 3.01. The molecule has 0 spiro atoms. The van der Waals surface area contributed by atoms with Crippen molar-refractivity contribution in [3.63, 3.8) is 0 Å². The number of H-pyrrole nitrogens is 1. The lowest BCUT2D eigenvalue weighted by molar-refractivity contribution is -0.123. The smallest absolute Gasteiger partial charge is 0.255 e. The van der Waals surface area contributed by atoms with Gasteiger partial charge in [-0.15, -0.1) is 0 Å². The molecule has 2 aromatic rings. The van der Waals surface area contributed by atoms with Crippen LogP contribution in [-0.4, -0.2) is 48.5 Å². The number of rotatable bonds is 3. The Morgan fingerprint density at radius 1 is 1.32 bits per heavy atom. The van der Waals surface area contributed by atoms with Crippen molar-refractivity contribution < 1.29 is 9.53 Å². The number of anilines is 1. The van der Waals surface area contributed by atoms with E-state index in [2.05, 4.69) is 15.3 Å². The van der Waals surface area contributed by atoms with Crippen LogP contribution in [0.2, 0.25) is 0 Å². The zero-order valence-corrected chi connectivity index (χ0v) is 15.4. The van der Waals surface area contributed by atoms with Crippen molar-refractivity contribution in [2.75, 3.05) is 33.1 Å². The number of aryl methyl sites for hydroxylation is 2. The van der Waals surface area contributed by atoms with Crippen LogP contribution in [0.3, 0.4) is 0 Å². The van der Waals surface area contributed by atoms with E-state index in [9.17, 15) is 4.79 Å². The Bertz CT molecular complexity index is 828. The number of hydrogen-bond acceptors (Lipinski definition) is 4. The van der Waals surface area contributed by atoms with E-state index < -0.39 is 0 Å². The quantitative estimate of drug-likeness (QED) is 0.843. The van der Waals surface area contributed by atoms with E-state index in [4.69, 9.17) is 4.74 Å². The molecule has 1 aliphatic rings. The molecule has 0 saturated carbocycles. The van der Waals surface area contributed by atoms with E-state index >= 15 is 0 Å². The SMILES string of the molecule is CNc1nc2c([nH]1)CCN(C)C(=O)/C2=C/c1cc(C)c(OC)c(C)c1. The van der Waals surface area contributed by atoms with Crippen LogP contribution in [0.1, 0.15) is 28.1 Å². The summed E-state index contributed by atoms with van der Waals surface area (Å²) in [5.41, 5.74) is 5.37. The molecule has 0 bridgehead atoms. The topological polar surface area (TPSA) is 70.2 Å². The molecule has 25 heavy (non-hydrogen) atoms. The van der Waals surface area contributed by atoms with Gasteiger partial charge in [0.25, 0.3) is 5.91 Å². The molecule has 1 aromatic carbocycles. The summed E-state index contributed by atoms with van der Waals surface area (Å²) in [4.78, 5) is 22.4. The number of aromatic amines is 1. The predicted octanol–water partition coefficient (Wildman–Crippen LogP) is 2.63. The summed E-state index contributed by atoms with van der Waals surface area (Å²) in [6, 6.07) is 4.06. The van der Waals surface area contributed by atoms with Gasteiger partial charge < -0.3 is 19.9 Å². The number of fused-ring (bicyclic) bond motifs is 1. The van der Waals surface area contributed by atoms with Crippen molar-refractivity contribution in [1.29, 1.82) is 0 Å². The highest BCUT2D eigenvalue weighted by molar-refractivity contribution is 6.24. The maximum Gasteiger partial charge on any atom is 0.255 e. The van der Waals surface area contributed by atoms with Crippen molar-refractivity contribution in [3.8, 4) is 5.75 Å². The molecule has 6 heteroatoms. The van der Waals surface area contributed by atoms with Crippen molar-refractivity contribution in [2.45, 2.75) is 20.3 Å². The summed E-state index contributed by atoms with van der Waals surface area (Å²) in [6.07, 6.45) is 2.67. The van der Waals surface area contributed by atoms with Gasteiger partial charge in [-0.05, 0) is 48.7 Å². The normalized spacial score (nSPS) is 16.0. The minimum absolute atomic E-state index is 0.0148. The fourth-order valence-electron chi connectivity index (χ4n) is 3.31. The van der Waals surface area contributed by atoms with Gasteiger partial charge in [0.1, 0.15) is 5.75 Å². The molecule has 1 aliphatic heterocycles. The zero-order valence-electron chi connectivity index (χ0n) is 15.4. The fraction of sp³-hybridized carbons (Fsp3) is 0.368. The van der Waals surface area contributed by atoms with Crippen LogP contribution in [0.5, 0.6) is 5.75 Å². The van der Waals surface area contributed by atoms with E-state index in [0.29, 0.717) is 18.1 Å². The molecule has 0 saturated heterocycles. The zero-order chi connectivity index (χ0) is 18.1.